The lowest BCUT2D eigenvalue weighted by Crippen LogP contribution is -2.31. The monoisotopic (exact) mass is 248 g/mol. The van der Waals surface area contributed by atoms with Crippen molar-refractivity contribution in [2.75, 3.05) is 25.1 Å². The second-order valence-corrected chi connectivity index (χ2v) is 6.47. The number of anilines is 1. The average molecular weight is 248 g/mol. The van der Waals surface area contributed by atoms with Crippen LogP contribution in [0.1, 0.15) is 36.3 Å². The van der Waals surface area contributed by atoms with Crippen molar-refractivity contribution in [3.05, 3.63) is 23.3 Å². The van der Waals surface area contributed by atoms with Gasteiger partial charge in [-0.1, -0.05) is 6.42 Å². The normalized spacial score (nSPS) is 24.9. The molecule has 0 amide bonds. The number of nitrogen functional groups attached to an aromatic ring is 1. The Kier molecular flexibility index (Phi) is 3.05. The zero-order chi connectivity index (χ0) is 11.8. The van der Waals surface area contributed by atoms with Gasteiger partial charge in [0.1, 0.15) is 0 Å². The van der Waals surface area contributed by atoms with Crippen LogP contribution < -0.4 is 5.73 Å². The van der Waals surface area contributed by atoms with E-state index in [-0.39, 0.29) is 0 Å². The van der Waals surface area contributed by atoms with Crippen LogP contribution in [0.3, 0.4) is 0 Å². The van der Waals surface area contributed by atoms with Crippen molar-refractivity contribution in [1.29, 1.82) is 0 Å². The molecule has 0 fully saturated rings. The molecule has 2 heterocycles. The summed E-state index contributed by atoms with van der Waals surface area (Å²) in [6.45, 7) is 2.27. The van der Waals surface area contributed by atoms with Gasteiger partial charge in [0.2, 0.25) is 0 Å². The van der Waals surface area contributed by atoms with Crippen molar-refractivity contribution in [1.82, 2.24) is 4.90 Å². The van der Waals surface area contributed by atoms with Crippen LogP contribution in [-0.4, -0.2) is 24.2 Å². The van der Waals surface area contributed by atoms with Crippen LogP contribution in [0.5, 0.6) is 0 Å². The number of hydrogen-bond donors (Lipinski definition) is 1. The Balaban J connectivity index is 2.10. The number of thioether (sulfide) groups is 1. The molecule has 0 spiro atoms. The van der Waals surface area contributed by atoms with E-state index in [2.05, 4.69) is 24.1 Å². The Bertz CT molecular complexity index is 413. The number of nitrogens with two attached hydrogens (primary N) is 1. The predicted molar refractivity (Wildman–Crippen MR) is 74.5 cm³/mol. The van der Waals surface area contributed by atoms with Gasteiger partial charge in [-0.25, -0.2) is 0 Å². The van der Waals surface area contributed by atoms with Gasteiger partial charge in [0.15, 0.2) is 0 Å². The third-order valence-corrected chi connectivity index (χ3v) is 4.98. The van der Waals surface area contributed by atoms with Crippen LogP contribution in [0.4, 0.5) is 5.69 Å². The highest BCUT2D eigenvalue weighted by atomic mass is 32.2. The Hall–Kier alpha value is -0.670. The Labute approximate surface area is 108 Å². The van der Waals surface area contributed by atoms with E-state index < -0.39 is 0 Å². The van der Waals surface area contributed by atoms with Crippen LogP contribution >= 0.6 is 11.8 Å². The van der Waals surface area contributed by atoms with Crippen molar-refractivity contribution < 1.29 is 0 Å². The van der Waals surface area contributed by atoms with Crippen molar-refractivity contribution in [2.45, 2.75) is 36.6 Å². The predicted octanol–water partition coefficient (Wildman–Crippen LogP) is 3.07. The van der Waals surface area contributed by atoms with E-state index in [4.69, 9.17) is 5.73 Å². The lowest BCUT2D eigenvalue weighted by atomic mass is 9.86. The molecule has 2 nitrogen and oxygen atoms in total. The highest BCUT2D eigenvalue weighted by Gasteiger charge is 2.27. The molecule has 3 rings (SSSR count). The zero-order valence-electron chi connectivity index (χ0n) is 10.4. The topological polar surface area (TPSA) is 29.3 Å². The summed E-state index contributed by atoms with van der Waals surface area (Å²) in [5.74, 6) is 1.98. The van der Waals surface area contributed by atoms with Crippen LogP contribution in [0, 0.1) is 0 Å². The Morgan fingerprint density at radius 3 is 3.12 bits per heavy atom. The van der Waals surface area contributed by atoms with Gasteiger partial charge in [-0.3, -0.25) is 0 Å². The van der Waals surface area contributed by atoms with Crippen LogP contribution in [0.25, 0.3) is 0 Å². The third-order valence-electron chi connectivity index (χ3n) is 3.84. The molecule has 17 heavy (non-hydrogen) atoms. The van der Waals surface area contributed by atoms with E-state index in [9.17, 15) is 0 Å². The molecule has 92 valence electrons. The summed E-state index contributed by atoms with van der Waals surface area (Å²) in [6, 6.07) is 4.37. The first-order chi connectivity index (χ1) is 8.24. The largest absolute Gasteiger partial charge is 0.399 e. The maximum Gasteiger partial charge on any atom is 0.0328 e. The van der Waals surface area contributed by atoms with Gasteiger partial charge >= 0.3 is 0 Å². The second-order valence-electron chi connectivity index (χ2n) is 5.33. The molecule has 1 unspecified atom stereocenters. The van der Waals surface area contributed by atoms with Gasteiger partial charge < -0.3 is 10.6 Å². The second kappa shape index (κ2) is 4.54. The third kappa shape index (κ3) is 2.18. The van der Waals surface area contributed by atoms with Crippen molar-refractivity contribution in [3.63, 3.8) is 0 Å². The summed E-state index contributed by atoms with van der Waals surface area (Å²) in [4.78, 5) is 3.89. The molecule has 2 N–H and O–H groups in total. The maximum atomic E-state index is 6.03. The van der Waals surface area contributed by atoms with E-state index in [1.165, 1.54) is 42.0 Å². The average Bonchev–Trinajstić information content (AvgIpc) is 2.23. The number of likely N-dealkylation sites (N-methyl/N-ethyl adjacent to an activating group) is 1. The van der Waals surface area contributed by atoms with Crippen molar-refractivity contribution in [3.8, 4) is 0 Å². The van der Waals surface area contributed by atoms with Crippen LogP contribution in [0.2, 0.25) is 0 Å². The quantitative estimate of drug-likeness (QED) is 0.715. The van der Waals surface area contributed by atoms with E-state index in [1.807, 2.05) is 11.8 Å². The Morgan fingerprint density at radius 2 is 2.24 bits per heavy atom. The highest BCUT2D eigenvalue weighted by molar-refractivity contribution is 7.99. The number of benzene rings is 1. The maximum absolute atomic E-state index is 6.03. The number of nitrogens with zero attached hydrogens (tertiary/aromatic N) is 1. The standard InChI is InChI=1S/C14H20N2S/c1-16-8-10-4-2-3-5-17-13-7-12(15)6-11(9-16)14(10)13/h6-7,10H,2-5,8-9,15H2,1H3. The van der Waals surface area contributed by atoms with Gasteiger partial charge in [-0.15, -0.1) is 11.8 Å². The molecule has 0 aromatic heterocycles. The van der Waals surface area contributed by atoms with E-state index in [1.54, 1.807) is 5.56 Å². The molecule has 2 aliphatic rings. The van der Waals surface area contributed by atoms with Gasteiger partial charge in [0.25, 0.3) is 0 Å². The summed E-state index contributed by atoms with van der Waals surface area (Å²) in [5, 5.41) is 0. The number of hydrogen-bond acceptors (Lipinski definition) is 3. The molecular formula is C14H20N2S. The van der Waals surface area contributed by atoms with E-state index in [0.29, 0.717) is 0 Å². The first-order valence-corrected chi connectivity index (χ1v) is 7.46. The van der Waals surface area contributed by atoms with Crippen molar-refractivity contribution >= 4 is 17.4 Å². The molecule has 0 radical (unpaired) electrons. The van der Waals surface area contributed by atoms with Crippen LogP contribution in [-0.2, 0) is 6.54 Å². The smallest absolute Gasteiger partial charge is 0.0328 e. The molecule has 1 aromatic carbocycles. The highest BCUT2D eigenvalue weighted by Crippen LogP contribution is 2.41. The molecule has 0 aliphatic carbocycles. The molecule has 0 saturated heterocycles. The number of rotatable bonds is 0. The summed E-state index contributed by atoms with van der Waals surface area (Å²) in [5.41, 5.74) is 10.0. The fraction of sp³-hybridized carbons (Fsp3) is 0.571. The minimum atomic E-state index is 0.729. The first-order valence-electron chi connectivity index (χ1n) is 6.47. The lowest BCUT2D eigenvalue weighted by Gasteiger charge is -2.35. The minimum Gasteiger partial charge on any atom is -0.399 e. The lowest BCUT2D eigenvalue weighted by molar-refractivity contribution is 0.270. The molecule has 1 atom stereocenters. The first kappa shape index (κ1) is 11.4. The van der Waals surface area contributed by atoms with Gasteiger partial charge in [0, 0.05) is 23.7 Å². The summed E-state index contributed by atoms with van der Waals surface area (Å²) in [7, 11) is 2.22. The summed E-state index contributed by atoms with van der Waals surface area (Å²) < 4.78 is 0. The fourth-order valence-corrected chi connectivity index (χ4v) is 4.40. The summed E-state index contributed by atoms with van der Waals surface area (Å²) >= 11 is 2.01. The van der Waals surface area contributed by atoms with Crippen LogP contribution in [0.15, 0.2) is 17.0 Å². The molecular weight excluding hydrogens is 228 g/mol. The fourth-order valence-electron chi connectivity index (χ4n) is 3.15. The summed E-state index contributed by atoms with van der Waals surface area (Å²) in [6.07, 6.45) is 4.05. The van der Waals surface area contributed by atoms with Gasteiger partial charge in [0.05, 0.1) is 0 Å². The van der Waals surface area contributed by atoms with Gasteiger partial charge in [-0.05, 0) is 54.8 Å². The molecule has 1 aromatic rings. The molecule has 0 saturated carbocycles. The van der Waals surface area contributed by atoms with E-state index in [0.717, 1.165) is 18.2 Å². The molecule has 3 heteroatoms. The zero-order valence-corrected chi connectivity index (χ0v) is 11.2. The van der Waals surface area contributed by atoms with Gasteiger partial charge in [-0.2, -0.15) is 0 Å². The molecule has 0 bridgehead atoms. The minimum absolute atomic E-state index is 0.729. The molecule has 2 aliphatic heterocycles. The Morgan fingerprint density at radius 1 is 1.35 bits per heavy atom. The van der Waals surface area contributed by atoms with E-state index >= 15 is 0 Å². The van der Waals surface area contributed by atoms with Crippen molar-refractivity contribution in [2.24, 2.45) is 0 Å². The SMILES string of the molecule is CN1Cc2cc(N)cc3c2C(CCCCS3)C1.